The minimum atomic E-state index is -0.223. The van der Waals surface area contributed by atoms with Crippen LogP contribution in [0.4, 0.5) is 0 Å². The van der Waals surface area contributed by atoms with Crippen molar-refractivity contribution in [3.8, 4) is 0 Å². The summed E-state index contributed by atoms with van der Waals surface area (Å²) in [5.74, 6) is 0.406. The predicted octanol–water partition coefficient (Wildman–Crippen LogP) is 2.63. The van der Waals surface area contributed by atoms with Crippen LogP contribution in [-0.4, -0.2) is 30.4 Å². The van der Waals surface area contributed by atoms with Crippen molar-refractivity contribution >= 4 is 5.91 Å². The van der Waals surface area contributed by atoms with Gasteiger partial charge in [-0.05, 0) is 30.0 Å². The molecule has 22 heavy (non-hydrogen) atoms. The van der Waals surface area contributed by atoms with Gasteiger partial charge < -0.3 is 10.6 Å². The molecule has 1 amide bonds. The molecule has 1 atom stereocenters. The van der Waals surface area contributed by atoms with E-state index in [1.807, 2.05) is 65.6 Å². The lowest BCUT2D eigenvalue weighted by Crippen LogP contribution is -2.34. The summed E-state index contributed by atoms with van der Waals surface area (Å²) >= 11 is 0. The number of nitrogens with two attached hydrogens (primary N) is 1. The highest BCUT2D eigenvalue weighted by molar-refractivity contribution is 5.87. The summed E-state index contributed by atoms with van der Waals surface area (Å²) in [5, 5.41) is 0. The van der Waals surface area contributed by atoms with Crippen molar-refractivity contribution in [2.75, 3.05) is 19.6 Å². The molecular weight excluding hydrogens is 272 g/mol. The number of rotatable bonds is 4. The highest BCUT2D eigenvalue weighted by atomic mass is 16.2. The second-order valence-electron chi connectivity index (χ2n) is 5.93. The van der Waals surface area contributed by atoms with E-state index in [-0.39, 0.29) is 11.8 Å². The van der Waals surface area contributed by atoms with Gasteiger partial charge in [0.1, 0.15) is 0 Å². The molecule has 1 unspecified atom stereocenters. The van der Waals surface area contributed by atoms with E-state index in [2.05, 4.69) is 0 Å². The molecule has 1 heterocycles. The topological polar surface area (TPSA) is 46.3 Å². The predicted molar refractivity (Wildman–Crippen MR) is 88.5 cm³/mol. The Bertz CT molecular complexity index is 572. The van der Waals surface area contributed by atoms with Gasteiger partial charge in [-0.25, -0.2) is 0 Å². The van der Waals surface area contributed by atoms with E-state index < -0.39 is 0 Å². The Labute approximate surface area is 131 Å². The fraction of sp³-hybridized carbons (Fsp3) is 0.316. The summed E-state index contributed by atoms with van der Waals surface area (Å²) in [6.07, 6.45) is 1.01. The summed E-state index contributed by atoms with van der Waals surface area (Å²) in [7, 11) is 0. The number of carbonyl (C=O) groups is 1. The molecule has 0 aromatic heterocycles. The van der Waals surface area contributed by atoms with Crippen LogP contribution in [0.1, 0.15) is 23.5 Å². The van der Waals surface area contributed by atoms with Crippen LogP contribution < -0.4 is 5.73 Å². The lowest BCUT2D eigenvalue weighted by Gasteiger charge is -2.24. The minimum absolute atomic E-state index is 0.188. The molecule has 3 nitrogen and oxygen atoms in total. The van der Waals surface area contributed by atoms with Crippen molar-refractivity contribution in [2.45, 2.75) is 12.3 Å². The number of hydrogen-bond donors (Lipinski definition) is 1. The normalized spacial score (nSPS) is 17.9. The van der Waals surface area contributed by atoms with E-state index in [4.69, 9.17) is 5.73 Å². The Morgan fingerprint density at radius 2 is 1.59 bits per heavy atom. The summed E-state index contributed by atoms with van der Waals surface area (Å²) < 4.78 is 0. The third kappa shape index (κ3) is 3.04. The van der Waals surface area contributed by atoms with Gasteiger partial charge in [0.15, 0.2) is 0 Å². The number of amides is 1. The van der Waals surface area contributed by atoms with Crippen molar-refractivity contribution in [3.63, 3.8) is 0 Å². The van der Waals surface area contributed by atoms with Crippen molar-refractivity contribution < 1.29 is 4.79 Å². The van der Waals surface area contributed by atoms with Gasteiger partial charge in [-0.2, -0.15) is 0 Å². The van der Waals surface area contributed by atoms with Gasteiger partial charge in [0.25, 0.3) is 0 Å². The molecule has 1 fully saturated rings. The molecule has 2 aromatic rings. The van der Waals surface area contributed by atoms with Crippen LogP contribution in [0, 0.1) is 5.92 Å². The van der Waals surface area contributed by atoms with Gasteiger partial charge in [-0.1, -0.05) is 60.7 Å². The second kappa shape index (κ2) is 6.75. The maximum Gasteiger partial charge on any atom is 0.234 e. The zero-order valence-electron chi connectivity index (χ0n) is 12.7. The van der Waals surface area contributed by atoms with Crippen LogP contribution in [0.15, 0.2) is 60.7 Å². The number of nitrogens with zero attached hydrogens (tertiary/aromatic N) is 1. The van der Waals surface area contributed by atoms with Gasteiger partial charge in [-0.15, -0.1) is 0 Å². The number of carbonyl (C=O) groups excluding carboxylic acids is 1. The van der Waals surface area contributed by atoms with Crippen LogP contribution in [0.3, 0.4) is 0 Å². The monoisotopic (exact) mass is 294 g/mol. The standard InChI is InChI=1S/C19H22N2O/c20-13-15-11-12-21(14-15)19(22)18(16-7-3-1-4-8-16)17-9-5-2-6-10-17/h1-10,15,18H,11-14,20H2. The van der Waals surface area contributed by atoms with Crippen molar-refractivity contribution in [3.05, 3.63) is 71.8 Å². The molecule has 114 valence electrons. The SMILES string of the molecule is NCC1CCN(C(=O)C(c2ccccc2)c2ccccc2)C1. The summed E-state index contributed by atoms with van der Waals surface area (Å²) in [6, 6.07) is 20.1. The molecule has 2 N–H and O–H groups in total. The minimum Gasteiger partial charge on any atom is -0.342 e. The fourth-order valence-corrected chi connectivity index (χ4v) is 3.18. The lowest BCUT2D eigenvalue weighted by molar-refractivity contribution is -0.130. The van der Waals surface area contributed by atoms with Crippen molar-refractivity contribution in [1.82, 2.24) is 4.90 Å². The van der Waals surface area contributed by atoms with E-state index in [1.165, 1.54) is 0 Å². The maximum atomic E-state index is 13.1. The highest BCUT2D eigenvalue weighted by Gasteiger charge is 2.31. The summed E-state index contributed by atoms with van der Waals surface area (Å²) in [5.41, 5.74) is 7.86. The van der Waals surface area contributed by atoms with Crippen LogP contribution in [0.5, 0.6) is 0 Å². The molecule has 1 saturated heterocycles. The highest BCUT2D eigenvalue weighted by Crippen LogP contribution is 2.29. The first-order chi connectivity index (χ1) is 10.8. The van der Waals surface area contributed by atoms with Gasteiger partial charge in [0.05, 0.1) is 5.92 Å². The molecule has 0 radical (unpaired) electrons. The largest absolute Gasteiger partial charge is 0.342 e. The first kappa shape index (κ1) is 14.8. The molecule has 3 heteroatoms. The van der Waals surface area contributed by atoms with Crippen molar-refractivity contribution in [1.29, 1.82) is 0 Å². The molecule has 3 rings (SSSR count). The second-order valence-corrected chi connectivity index (χ2v) is 5.93. The molecule has 0 saturated carbocycles. The van der Waals surface area contributed by atoms with Gasteiger partial charge in [0.2, 0.25) is 5.91 Å². The van der Waals surface area contributed by atoms with Gasteiger partial charge >= 0.3 is 0 Å². The number of benzene rings is 2. The van der Waals surface area contributed by atoms with Gasteiger partial charge in [0, 0.05) is 13.1 Å². The molecule has 0 spiro atoms. The van der Waals surface area contributed by atoms with E-state index in [1.54, 1.807) is 0 Å². The van der Waals surface area contributed by atoms with E-state index in [0.717, 1.165) is 30.6 Å². The Kier molecular flexibility index (Phi) is 4.54. The number of hydrogen-bond acceptors (Lipinski definition) is 2. The summed E-state index contributed by atoms with van der Waals surface area (Å²) in [6.45, 7) is 2.26. The zero-order chi connectivity index (χ0) is 15.4. The van der Waals surface area contributed by atoms with Crippen LogP contribution in [0.25, 0.3) is 0 Å². The van der Waals surface area contributed by atoms with Crippen LogP contribution >= 0.6 is 0 Å². The van der Waals surface area contributed by atoms with E-state index in [0.29, 0.717) is 12.5 Å². The number of likely N-dealkylation sites (tertiary alicyclic amines) is 1. The molecule has 2 aromatic carbocycles. The Morgan fingerprint density at radius 3 is 2.05 bits per heavy atom. The molecule has 1 aliphatic heterocycles. The van der Waals surface area contributed by atoms with E-state index in [9.17, 15) is 4.79 Å². The molecule has 0 bridgehead atoms. The smallest absolute Gasteiger partial charge is 0.234 e. The van der Waals surface area contributed by atoms with Crippen molar-refractivity contribution in [2.24, 2.45) is 11.7 Å². The summed E-state index contributed by atoms with van der Waals surface area (Å²) in [4.78, 5) is 15.1. The molecule has 1 aliphatic rings. The Hall–Kier alpha value is -2.13. The average molecular weight is 294 g/mol. The maximum absolute atomic E-state index is 13.1. The van der Waals surface area contributed by atoms with Gasteiger partial charge in [-0.3, -0.25) is 4.79 Å². The molecule has 0 aliphatic carbocycles. The quantitative estimate of drug-likeness (QED) is 0.942. The lowest BCUT2D eigenvalue weighted by atomic mass is 9.90. The van der Waals surface area contributed by atoms with Crippen LogP contribution in [-0.2, 0) is 4.79 Å². The Morgan fingerprint density at radius 1 is 1.05 bits per heavy atom. The van der Waals surface area contributed by atoms with E-state index >= 15 is 0 Å². The van der Waals surface area contributed by atoms with Crippen LogP contribution in [0.2, 0.25) is 0 Å². The zero-order valence-corrected chi connectivity index (χ0v) is 12.7. The fourth-order valence-electron chi connectivity index (χ4n) is 3.18. The third-order valence-corrected chi connectivity index (χ3v) is 4.44. The first-order valence-corrected chi connectivity index (χ1v) is 7.88. The average Bonchev–Trinajstić information content (AvgIpc) is 3.06. The Balaban J connectivity index is 1.91. The third-order valence-electron chi connectivity index (χ3n) is 4.44. The molecular formula is C19H22N2O. The first-order valence-electron chi connectivity index (χ1n) is 7.88.